The van der Waals surface area contributed by atoms with Crippen molar-refractivity contribution in [1.82, 2.24) is 4.90 Å². The molecule has 1 N–H and O–H groups in total. The van der Waals surface area contributed by atoms with E-state index in [1.165, 1.54) is 11.1 Å². The van der Waals surface area contributed by atoms with Crippen molar-refractivity contribution in [3.8, 4) is 11.5 Å². The number of amides is 2. The fraction of sp³-hybridized carbons (Fsp3) is 0.435. The fourth-order valence-electron chi connectivity index (χ4n) is 3.79. The SMILES string of the molecule is CCc1cccc(CC)c1NC(=O)N1CCN(c2ccc(OC)cc2OC)CC1. The van der Waals surface area contributed by atoms with Gasteiger partial charge in [0.2, 0.25) is 0 Å². The van der Waals surface area contributed by atoms with E-state index >= 15 is 0 Å². The molecule has 2 amide bonds. The molecule has 2 aromatic rings. The Balaban J connectivity index is 1.66. The number of hydrogen-bond acceptors (Lipinski definition) is 4. The molecule has 6 heteroatoms. The second-order valence-electron chi connectivity index (χ2n) is 7.10. The number of benzene rings is 2. The second kappa shape index (κ2) is 9.54. The first-order valence-corrected chi connectivity index (χ1v) is 10.2. The van der Waals surface area contributed by atoms with Gasteiger partial charge in [-0.2, -0.15) is 0 Å². The molecular formula is C23H31N3O3. The smallest absolute Gasteiger partial charge is 0.321 e. The largest absolute Gasteiger partial charge is 0.497 e. The molecule has 1 fully saturated rings. The third kappa shape index (κ3) is 4.58. The third-order valence-electron chi connectivity index (χ3n) is 5.53. The van der Waals surface area contributed by atoms with Gasteiger partial charge >= 0.3 is 6.03 Å². The van der Waals surface area contributed by atoms with Gasteiger partial charge in [-0.05, 0) is 36.1 Å². The normalized spacial score (nSPS) is 13.9. The topological polar surface area (TPSA) is 54.0 Å². The number of hydrogen-bond donors (Lipinski definition) is 1. The highest BCUT2D eigenvalue weighted by molar-refractivity contribution is 5.91. The minimum Gasteiger partial charge on any atom is -0.497 e. The zero-order valence-corrected chi connectivity index (χ0v) is 17.8. The molecule has 1 aliphatic heterocycles. The molecule has 0 unspecified atom stereocenters. The van der Waals surface area contributed by atoms with Crippen LogP contribution in [0.2, 0.25) is 0 Å². The van der Waals surface area contributed by atoms with Crippen molar-refractivity contribution in [2.75, 3.05) is 50.6 Å². The summed E-state index contributed by atoms with van der Waals surface area (Å²) >= 11 is 0. The van der Waals surface area contributed by atoms with Gasteiger partial charge in [-0.25, -0.2) is 4.79 Å². The molecule has 0 aliphatic carbocycles. The van der Waals surface area contributed by atoms with Crippen LogP contribution in [-0.2, 0) is 12.8 Å². The molecule has 1 saturated heterocycles. The van der Waals surface area contributed by atoms with Gasteiger partial charge in [0.05, 0.1) is 19.9 Å². The summed E-state index contributed by atoms with van der Waals surface area (Å²) in [6, 6.07) is 12.0. The van der Waals surface area contributed by atoms with Crippen LogP contribution in [-0.4, -0.2) is 51.3 Å². The molecule has 3 rings (SSSR count). The van der Waals surface area contributed by atoms with E-state index < -0.39 is 0 Å². The Labute approximate surface area is 173 Å². The minimum absolute atomic E-state index is 0.0260. The van der Waals surface area contributed by atoms with Crippen LogP contribution in [0.25, 0.3) is 0 Å². The predicted octanol–water partition coefficient (Wildman–Crippen LogP) is 4.18. The fourth-order valence-corrected chi connectivity index (χ4v) is 3.79. The van der Waals surface area contributed by atoms with E-state index in [4.69, 9.17) is 9.47 Å². The Morgan fingerprint density at radius 3 is 2.17 bits per heavy atom. The number of nitrogens with one attached hydrogen (secondary N) is 1. The van der Waals surface area contributed by atoms with Crippen molar-refractivity contribution >= 4 is 17.4 Å². The van der Waals surface area contributed by atoms with E-state index in [-0.39, 0.29) is 6.03 Å². The van der Waals surface area contributed by atoms with Gasteiger partial charge < -0.3 is 24.6 Å². The zero-order chi connectivity index (χ0) is 20.8. The van der Waals surface area contributed by atoms with Gasteiger partial charge in [0.15, 0.2) is 0 Å². The van der Waals surface area contributed by atoms with Gasteiger partial charge in [-0.1, -0.05) is 32.0 Å². The van der Waals surface area contributed by atoms with Crippen molar-refractivity contribution in [3.05, 3.63) is 47.5 Å². The van der Waals surface area contributed by atoms with Crippen molar-refractivity contribution in [3.63, 3.8) is 0 Å². The van der Waals surface area contributed by atoms with Gasteiger partial charge in [-0.15, -0.1) is 0 Å². The highest BCUT2D eigenvalue weighted by atomic mass is 16.5. The predicted molar refractivity (Wildman–Crippen MR) is 118 cm³/mol. The number of carbonyl (C=O) groups excluding carboxylic acids is 1. The van der Waals surface area contributed by atoms with Gasteiger partial charge in [0, 0.05) is 37.9 Å². The van der Waals surface area contributed by atoms with Gasteiger partial charge in [0.25, 0.3) is 0 Å². The van der Waals surface area contributed by atoms with Crippen LogP contribution in [0, 0.1) is 0 Å². The number of ether oxygens (including phenoxy) is 2. The molecule has 0 spiro atoms. The van der Waals surface area contributed by atoms with Crippen LogP contribution in [0.1, 0.15) is 25.0 Å². The standard InChI is InChI=1S/C23H31N3O3/c1-5-17-8-7-9-18(6-2)22(17)24-23(27)26-14-12-25(13-15-26)20-11-10-19(28-3)16-21(20)29-4/h7-11,16H,5-6,12-15H2,1-4H3,(H,24,27). The maximum absolute atomic E-state index is 12.9. The Morgan fingerprint density at radius 1 is 0.966 bits per heavy atom. The summed E-state index contributed by atoms with van der Waals surface area (Å²) in [5.41, 5.74) is 4.36. The average molecular weight is 398 g/mol. The molecule has 6 nitrogen and oxygen atoms in total. The molecular weight excluding hydrogens is 366 g/mol. The summed E-state index contributed by atoms with van der Waals surface area (Å²) in [4.78, 5) is 17.0. The third-order valence-corrected chi connectivity index (χ3v) is 5.53. The maximum atomic E-state index is 12.9. The maximum Gasteiger partial charge on any atom is 0.321 e. The monoisotopic (exact) mass is 397 g/mol. The summed E-state index contributed by atoms with van der Waals surface area (Å²) < 4.78 is 10.8. The lowest BCUT2D eigenvalue weighted by Gasteiger charge is -2.36. The lowest BCUT2D eigenvalue weighted by Crippen LogP contribution is -2.50. The van der Waals surface area contributed by atoms with Crippen LogP contribution >= 0.6 is 0 Å². The van der Waals surface area contributed by atoms with E-state index in [1.54, 1.807) is 14.2 Å². The number of nitrogens with zero attached hydrogens (tertiary/aromatic N) is 2. The Bertz CT molecular complexity index is 823. The molecule has 0 atom stereocenters. The van der Waals surface area contributed by atoms with Crippen LogP contribution < -0.4 is 19.7 Å². The molecule has 1 heterocycles. The van der Waals surface area contributed by atoms with E-state index in [2.05, 4.69) is 42.3 Å². The highest BCUT2D eigenvalue weighted by Gasteiger charge is 2.24. The molecule has 0 bridgehead atoms. The summed E-state index contributed by atoms with van der Waals surface area (Å²) in [6.07, 6.45) is 1.79. The summed E-state index contributed by atoms with van der Waals surface area (Å²) in [5, 5.41) is 3.17. The molecule has 0 aromatic heterocycles. The van der Waals surface area contributed by atoms with Crippen LogP contribution in [0.4, 0.5) is 16.2 Å². The first-order chi connectivity index (χ1) is 14.1. The number of piperazine rings is 1. The lowest BCUT2D eigenvalue weighted by atomic mass is 10.0. The number of rotatable bonds is 6. The number of urea groups is 1. The Kier molecular flexibility index (Phi) is 6.86. The number of anilines is 2. The Hall–Kier alpha value is -2.89. The van der Waals surface area contributed by atoms with E-state index in [9.17, 15) is 4.79 Å². The summed E-state index contributed by atoms with van der Waals surface area (Å²) in [7, 11) is 3.31. The summed E-state index contributed by atoms with van der Waals surface area (Å²) in [5.74, 6) is 1.55. The van der Waals surface area contributed by atoms with Crippen LogP contribution in [0.5, 0.6) is 11.5 Å². The van der Waals surface area contributed by atoms with E-state index in [0.29, 0.717) is 13.1 Å². The molecule has 1 aliphatic rings. The molecule has 0 radical (unpaired) electrons. The summed E-state index contributed by atoms with van der Waals surface area (Å²) in [6.45, 7) is 7.07. The second-order valence-corrected chi connectivity index (χ2v) is 7.10. The Morgan fingerprint density at radius 2 is 1.62 bits per heavy atom. The van der Waals surface area contributed by atoms with E-state index in [1.807, 2.05) is 23.1 Å². The molecule has 29 heavy (non-hydrogen) atoms. The molecule has 0 saturated carbocycles. The zero-order valence-electron chi connectivity index (χ0n) is 17.8. The van der Waals surface area contributed by atoms with Gasteiger partial charge in [0.1, 0.15) is 11.5 Å². The van der Waals surface area contributed by atoms with Crippen molar-refractivity contribution in [1.29, 1.82) is 0 Å². The van der Waals surface area contributed by atoms with Crippen molar-refractivity contribution < 1.29 is 14.3 Å². The molecule has 156 valence electrons. The number of carbonyl (C=O) groups is 1. The first-order valence-electron chi connectivity index (χ1n) is 10.2. The van der Waals surface area contributed by atoms with Crippen LogP contribution in [0.3, 0.4) is 0 Å². The van der Waals surface area contributed by atoms with Gasteiger partial charge in [-0.3, -0.25) is 0 Å². The van der Waals surface area contributed by atoms with Crippen molar-refractivity contribution in [2.24, 2.45) is 0 Å². The number of para-hydroxylation sites is 1. The quantitative estimate of drug-likeness (QED) is 0.794. The van der Waals surface area contributed by atoms with Crippen molar-refractivity contribution in [2.45, 2.75) is 26.7 Å². The first kappa shape index (κ1) is 20.8. The average Bonchev–Trinajstić information content (AvgIpc) is 2.78. The highest BCUT2D eigenvalue weighted by Crippen LogP contribution is 2.33. The molecule has 2 aromatic carbocycles. The van der Waals surface area contributed by atoms with Crippen LogP contribution in [0.15, 0.2) is 36.4 Å². The van der Waals surface area contributed by atoms with E-state index in [0.717, 1.165) is 48.8 Å². The minimum atomic E-state index is -0.0260. The number of aryl methyl sites for hydroxylation is 2. The number of methoxy groups -OCH3 is 2. The lowest BCUT2D eigenvalue weighted by molar-refractivity contribution is 0.208.